The maximum Gasteiger partial charge on any atom is 0.303 e. The van der Waals surface area contributed by atoms with E-state index in [1.54, 1.807) is 12.1 Å². The molecule has 0 spiro atoms. The molecule has 0 atom stereocenters. The van der Waals surface area contributed by atoms with Crippen LogP contribution in [0.25, 0.3) is 0 Å². The minimum atomic E-state index is -0.744. The Balaban J connectivity index is 0.000000896. The lowest BCUT2D eigenvalue weighted by molar-refractivity contribution is -0.137. The molecule has 1 aromatic carbocycles. The first-order chi connectivity index (χ1) is 12.2. The van der Waals surface area contributed by atoms with Gasteiger partial charge in [0.1, 0.15) is 5.75 Å². The zero-order valence-corrected chi connectivity index (χ0v) is 16.3. The molecular weight excluding hydrogens is 332 g/mol. The van der Waals surface area contributed by atoms with E-state index in [2.05, 4.69) is 12.2 Å². The summed E-state index contributed by atoms with van der Waals surface area (Å²) in [5.41, 5.74) is 6.11. The molecule has 1 rings (SSSR count). The largest absolute Gasteiger partial charge is 0.508 e. The first kappa shape index (κ1) is 23.9. The zero-order valence-electron chi connectivity index (χ0n) is 16.3. The molecule has 0 heterocycles. The van der Waals surface area contributed by atoms with Crippen molar-refractivity contribution >= 4 is 11.9 Å². The van der Waals surface area contributed by atoms with Crippen molar-refractivity contribution in [3.8, 4) is 5.75 Å². The highest BCUT2D eigenvalue weighted by Crippen LogP contribution is 2.09. The van der Waals surface area contributed by atoms with Gasteiger partial charge in [-0.25, -0.2) is 0 Å². The highest BCUT2D eigenvalue weighted by molar-refractivity contribution is 5.94. The summed E-state index contributed by atoms with van der Waals surface area (Å²) in [6.45, 7) is 6.73. The monoisotopic (exact) mass is 366 g/mol. The Bertz CT molecular complexity index is 522. The van der Waals surface area contributed by atoms with Crippen LogP contribution in [0.5, 0.6) is 5.75 Å². The molecule has 6 nitrogen and oxygen atoms in total. The number of nitrogens with one attached hydrogen (secondary N) is 1. The van der Waals surface area contributed by atoms with Crippen LogP contribution in [-0.4, -0.2) is 34.2 Å². The number of phenols is 1. The van der Waals surface area contributed by atoms with Crippen molar-refractivity contribution < 1.29 is 19.8 Å². The van der Waals surface area contributed by atoms with Crippen LogP contribution in [0.1, 0.15) is 76.1 Å². The maximum atomic E-state index is 11.7. The van der Waals surface area contributed by atoms with Gasteiger partial charge < -0.3 is 21.3 Å². The quantitative estimate of drug-likeness (QED) is 0.472. The van der Waals surface area contributed by atoms with E-state index < -0.39 is 5.97 Å². The Morgan fingerprint density at radius 2 is 1.54 bits per heavy atom. The number of carboxylic acid groups (broad SMARTS) is 1. The number of benzene rings is 1. The molecule has 0 radical (unpaired) electrons. The first-order valence-electron chi connectivity index (χ1n) is 9.23. The third kappa shape index (κ3) is 14.3. The predicted molar refractivity (Wildman–Crippen MR) is 104 cm³/mol. The van der Waals surface area contributed by atoms with Gasteiger partial charge in [-0.05, 0) is 57.4 Å². The van der Waals surface area contributed by atoms with Crippen molar-refractivity contribution in [1.82, 2.24) is 5.32 Å². The van der Waals surface area contributed by atoms with Crippen LogP contribution in [0.3, 0.4) is 0 Å². The molecule has 0 saturated heterocycles. The molecule has 0 saturated carbocycles. The molecule has 0 bridgehead atoms. The van der Waals surface area contributed by atoms with Gasteiger partial charge in [-0.3, -0.25) is 9.59 Å². The number of hydrogen-bond donors (Lipinski definition) is 4. The lowest BCUT2D eigenvalue weighted by Gasteiger charge is -2.13. The van der Waals surface area contributed by atoms with Crippen LogP contribution >= 0.6 is 0 Å². The van der Waals surface area contributed by atoms with E-state index in [-0.39, 0.29) is 23.6 Å². The van der Waals surface area contributed by atoms with Crippen LogP contribution in [0, 0.1) is 0 Å². The molecule has 5 N–H and O–H groups in total. The normalized spacial score (nSPS) is 10.6. The Kier molecular flexibility index (Phi) is 12.1. The highest BCUT2D eigenvalue weighted by atomic mass is 16.4. The Hall–Kier alpha value is -2.08. The maximum absolute atomic E-state index is 11.7. The van der Waals surface area contributed by atoms with Gasteiger partial charge >= 0.3 is 5.97 Å². The second kappa shape index (κ2) is 13.2. The van der Waals surface area contributed by atoms with Crippen molar-refractivity contribution in [2.75, 3.05) is 6.54 Å². The van der Waals surface area contributed by atoms with Crippen molar-refractivity contribution in [1.29, 1.82) is 0 Å². The summed E-state index contributed by atoms with van der Waals surface area (Å²) in [5, 5.41) is 20.4. The average Bonchev–Trinajstić information content (AvgIpc) is 2.57. The van der Waals surface area contributed by atoms with Crippen molar-refractivity contribution in [3.63, 3.8) is 0 Å². The molecule has 26 heavy (non-hydrogen) atoms. The Morgan fingerprint density at radius 1 is 1.04 bits per heavy atom. The van der Waals surface area contributed by atoms with Gasteiger partial charge in [0.05, 0.1) is 0 Å². The summed E-state index contributed by atoms with van der Waals surface area (Å²) < 4.78 is 0. The fraction of sp³-hybridized carbons (Fsp3) is 0.600. The summed E-state index contributed by atoms with van der Waals surface area (Å²) in [4.78, 5) is 22.0. The molecule has 0 aromatic heterocycles. The molecule has 0 unspecified atom stereocenters. The number of hydrogen-bond acceptors (Lipinski definition) is 4. The van der Waals surface area contributed by atoms with Gasteiger partial charge in [-0.1, -0.05) is 26.2 Å². The Labute approximate surface area is 156 Å². The smallest absolute Gasteiger partial charge is 0.303 e. The Morgan fingerprint density at radius 3 is 2.04 bits per heavy atom. The van der Waals surface area contributed by atoms with E-state index in [9.17, 15) is 9.59 Å². The molecular formula is C20H34N2O4. The number of carbonyl (C=O) groups excluding carboxylic acids is 1. The first-order valence-corrected chi connectivity index (χ1v) is 9.23. The van der Waals surface area contributed by atoms with E-state index >= 15 is 0 Å². The van der Waals surface area contributed by atoms with Crippen molar-refractivity contribution in [3.05, 3.63) is 29.8 Å². The van der Waals surface area contributed by atoms with Gasteiger partial charge in [0.25, 0.3) is 5.91 Å². The van der Waals surface area contributed by atoms with E-state index in [0.29, 0.717) is 12.1 Å². The number of amides is 1. The average molecular weight is 367 g/mol. The minimum Gasteiger partial charge on any atom is -0.508 e. The summed E-state index contributed by atoms with van der Waals surface area (Å²) >= 11 is 0. The fourth-order valence-corrected chi connectivity index (χ4v) is 1.85. The standard InChI is InChI=1S/C15H21NO4.C5H13N/c17-13-9-7-12(8-10-13)15(20)16-11-5-3-1-2-4-6-14(18)19;1-4-5(2,3)6/h7-10,17H,1-6,11H2,(H,16,20)(H,18,19);4,6H2,1-3H3. The van der Waals surface area contributed by atoms with Gasteiger partial charge in [-0.15, -0.1) is 0 Å². The van der Waals surface area contributed by atoms with E-state index in [1.165, 1.54) is 12.1 Å². The third-order valence-electron chi connectivity index (χ3n) is 3.89. The molecule has 0 aliphatic carbocycles. The minimum absolute atomic E-state index is 0.0417. The van der Waals surface area contributed by atoms with Crippen LogP contribution in [0.2, 0.25) is 0 Å². The van der Waals surface area contributed by atoms with Gasteiger partial charge in [-0.2, -0.15) is 0 Å². The predicted octanol–water partition coefficient (Wildman–Crippen LogP) is 3.68. The number of aromatic hydroxyl groups is 1. The van der Waals surface area contributed by atoms with E-state index in [4.69, 9.17) is 15.9 Å². The molecule has 0 aliphatic heterocycles. The van der Waals surface area contributed by atoms with Crippen molar-refractivity contribution in [2.24, 2.45) is 5.73 Å². The second-order valence-electron chi connectivity index (χ2n) is 7.06. The summed E-state index contributed by atoms with van der Waals surface area (Å²) in [7, 11) is 0. The summed E-state index contributed by atoms with van der Waals surface area (Å²) in [6, 6.07) is 6.13. The van der Waals surface area contributed by atoms with Gasteiger partial charge in [0.15, 0.2) is 0 Å². The number of phenolic OH excluding ortho intramolecular Hbond substituents is 1. The second-order valence-corrected chi connectivity index (χ2v) is 7.06. The van der Waals surface area contributed by atoms with Crippen LogP contribution < -0.4 is 11.1 Å². The molecule has 148 valence electrons. The van der Waals surface area contributed by atoms with Gasteiger partial charge in [0.2, 0.25) is 0 Å². The number of unbranched alkanes of at least 4 members (excludes halogenated alkanes) is 4. The number of nitrogens with two attached hydrogens (primary N) is 1. The molecule has 1 amide bonds. The number of aliphatic carboxylic acids is 1. The lowest BCUT2D eigenvalue weighted by atomic mass is 10.1. The molecule has 0 aliphatic rings. The highest BCUT2D eigenvalue weighted by Gasteiger charge is 2.04. The van der Waals surface area contributed by atoms with Crippen LogP contribution in [-0.2, 0) is 4.79 Å². The molecule has 6 heteroatoms. The summed E-state index contributed by atoms with van der Waals surface area (Å²) in [5.74, 6) is -0.745. The SMILES string of the molecule is CCC(C)(C)N.O=C(O)CCCCCCCNC(=O)c1ccc(O)cc1. The number of carbonyl (C=O) groups is 2. The molecule has 1 aromatic rings. The number of rotatable bonds is 10. The lowest BCUT2D eigenvalue weighted by Crippen LogP contribution is -2.30. The van der Waals surface area contributed by atoms with Gasteiger partial charge in [0, 0.05) is 24.1 Å². The zero-order chi connectivity index (χ0) is 20.0. The number of carboxylic acids is 1. The summed E-state index contributed by atoms with van der Waals surface area (Å²) in [6.07, 6.45) is 5.77. The van der Waals surface area contributed by atoms with E-state index in [0.717, 1.165) is 38.5 Å². The van der Waals surface area contributed by atoms with Crippen LogP contribution in [0.4, 0.5) is 0 Å². The molecule has 0 fully saturated rings. The topological polar surface area (TPSA) is 113 Å². The van der Waals surface area contributed by atoms with Crippen LogP contribution in [0.15, 0.2) is 24.3 Å². The third-order valence-corrected chi connectivity index (χ3v) is 3.89. The fourth-order valence-electron chi connectivity index (χ4n) is 1.85. The van der Waals surface area contributed by atoms with Crippen molar-refractivity contribution in [2.45, 2.75) is 71.3 Å². The van der Waals surface area contributed by atoms with E-state index in [1.807, 2.05) is 13.8 Å².